The van der Waals surface area contributed by atoms with Crippen molar-refractivity contribution >= 4 is 5.91 Å². The summed E-state index contributed by atoms with van der Waals surface area (Å²) < 4.78 is 1.74. The largest absolute Gasteiger partial charge is 0.355 e. The highest BCUT2D eigenvalue weighted by Gasteiger charge is 2.05. The van der Waals surface area contributed by atoms with E-state index in [2.05, 4.69) is 10.4 Å². The summed E-state index contributed by atoms with van der Waals surface area (Å²) in [5.74, 6) is -0.0780. The van der Waals surface area contributed by atoms with Crippen LogP contribution in [0.3, 0.4) is 0 Å². The number of benzene rings is 1. The molecule has 1 amide bonds. The highest BCUT2D eigenvalue weighted by Crippen LogP contribution is 2.19. The molecule has 0 bridgehead atoms. The molecule has 1 aromatic carbocycles. The van der Waals surface area contributed by atoms with Gasteiger partial charge in [-0.15, -0.1) is 0 Å². The van der Waals surface area contributed by atoms with Crippen molar-refractivity contribution in [2.75, 3.05) is 7.05 Å². The van der Waals surface area contributed by atoms with E-state index in [1.54, 1.807) is 24.0 Å². The minimum absolute atomic E-state index is 0.0780. The summed E-state index contributed by atoms with van der Waals surface area (Å²) in [6.45, 7) is 0. The molecule has 2 aromatic rings. The Kier molecular flexibility index (Phi) is 2.72. The Morgan fingerprint density at radius 2 is 2.19 bits per heavy atom. The minimum Gasteiger partial charge on any atom is -0.355 e. The fourth-order valence-electron chi connectivity index (χ4n) is 1.55. The first-order chi connectivity index (χ1) is 7.70. The minimum atomic E-state index is -0.0780. The van der Waals surface area contributed by atoms with Gasteiger partial charge in [-0.1, -0.05) is 12.1 Å². The Morgan fingerprint density at radius 1 is 1.38 bits per heavy atom. The van der Waals surface area contributed by atoms with Crippen LogP contribution in [-0.4, -0.2) is 22.7 Å². The lowest BCUT2D eigenvalue weighted by Crippen LogP contribution is -2.17. The molecule has 1 N–H and O–H groups in total. The van der Waals surface area contributed by atoms with Gasteiger partial charge in [-0.05, 0) is 17.7 Å². The maximum Gasteiger partial charge on any atom is 0.251 e. The van der Waals surface area contributed by atoms with Gasteiger partial charge in [0.05, 0.1) is 6.20 Å². The first kappa shape index (κ1) is 10.4. The third-order valence-electron chi connectivity index (χ3n) is 2.39. The van der Waals surface area contributed by atoms with Crippen molar-refractivity contribution in [1.29, 1.82) is 0 Å². The number of nitrogens with one attached hydrogen (secondary N) is 1. The van der Waals surface area contributed by atoms with Gasteiger partial charge in [0.25, 0.3) is 5.91 Å². The molecule has 0 aliphatic heterocycles. The van der Waals surface area contributed by atoms with Gasteiger partial charge in [-0.2, -0.15) is 5.10 Å². The Bertz CT molecular complexity index is 516. The summed E-state index contributed by atoms with van der Waals surface area (Å²) in [5.41, 5.74) is 2.66. The van der Waals surface area contributed by atoms with Gasteiger partial charge in [-0.25, -0.2) is 0 Å². The summed E-state index contributed by atoms with van der Waals surface area (Å²) >= 11 is 0. The lowest BCUT2D eigenvalue weighted by atomic mass is 10.1. The predicted molar refractivity (Wildman–Crippen MR) is 62.0 cm³/mol. The second kappa shape index (κ2) is 4.18. The molecular formula is C12H13N3O. The molecule has 0 spiro atoms. The number of amides is 1. The second-order valence-corrected chi connectivity index (χ2v) is 3.56. The van der Waals surface area contributed by atoms with E-state index in [1.807, 2.05) is 31.4 Å². The number of aromatic nitrogens is 2. The molecule has 0 saturated heterocycles. The summed E-state index contributed by atoms with van der Waals surface area (Å²) in [6, 6.07) is 7.48. The highest BCUT2D eigenvalue weighted by atomic mass is 16.1. The van der Waals surface area contributed by atoms with E-state index in [1.165, 1.54) is 0 Å². The first-order valence-corrected chi connectivity index (χ1v) is 5.02. The zero-order valence-corrected chi connectivity index (χ0v) is 9.27. The number of hydrogen-bond acceptors (Lipinski definition) is 2. The molecule has 0 atom stereocenters. The highest BCUT2D eigenvalue weighted by molar-refractivity contribution is 5.95. The van der Waals surface area contributed by atoms with Crippen LogP contribution >= 0.6 is 0 Å². The summed E-state index contributed by atoms with van der Waals surface area (Å²) in [6.07, 6.45) is 3.70. The van der Waals surface area contributed by atoms with Gasteiger partial charge in [-0.3, -0.25) is 9.48 Å². The first-order valence-electron chi connectivity index (χ1n) is 5.02. The van der Waals surface area contributed by atoms with Crippen LogP contribution in [0.15, 0.2) is 36.7 Å². The predicted octanol–water partition coefficient (Wildman–Crippen LogP) is 1.45. The molecule has 0 unspecified atom stereocenters. The zero-order valence-electron chi connectivity index (χ0n) is 9.27. The van der Waals surface area contributed by atoms with Gasteiger partial charge in [0.15, 0.2) is 0 Å². The van der Waals surface area contributed by atoms with Gasteiger partial charge in [0.1, 0.15) is 0 Å². The van der Waals surface area contributed by atoms with Crippen molar-refractivity contribution in [3.8, 4) is 11.1 Å². The van der Waals surface area contributed by atoms with Crippen molar-refractivity contribution in [2.24, 2.45) is 7.05 Å². The van der Waals surface area contributed by atoms with Crippen LogP contribution in [0.25, 0.3) is 11.1 Å². The Labute approximate surface area is 93.9 Å². The average Bonchev–Trinajstić information content (AvgIpc) is 2.75. The van der Waals surface area contributed by atoms with Crippen molar-refractivity contribution < 1.29 is 4.79 Å². The van der Waals surface area contributed by atoms with E-state index < -0.39 is 0 Å². The third kappa shape index (κ3) is 1.95. The van der Waals surface area contributed by atoms with Gasteiger partial charge in [0.2, 0.25) is 0 Å². The number of nitrogens with zero attached hydrogens (tertiary/aromatic N) is 2. The van der Waals surface area contributed by atoms with E-state index in [-0.39, 0.29) is 5.91 Å². The molecule has 4 heteroatoms. The van der Waals surface area contributed by atoms with E-state index in [0.29, 0.717) is 5.56 Å². The Hall–Kier alpha value is -2.10. The Balaban J connectivity index is 2.39. The lowest BCUT2D eigenvalue weighted by molar-refractivity contribution is 0.0963. The van der Waals surface area contributed by atoms with Gasteiger partial charge in [0, 0.05) is 31.4 Å². The number of hydrogen-bond donors (Lipinski definition) is 1. The number of rotatable bonds is 2. The Morgan fingerprint density at radius 3 is 2.81 bits per heavy atom. The van der Waals surface area contributed by atoms with Crippen LogP contribution in [-0.2, 0) is 7.05 Å². The molecule has 1 aromatic heterocycles. The van der Waals surface area contributed by atoms with Crippen molar-refractivity contribution in [2.45, 2.75) is 0 Å². The zero-order chi connectivity index (χ0) is 11.5. The fraction of sp³-hybridized carbons (Fsp3) is 0.167. The van der Waals surface area contributed by atoms with Crippen LogP contribution in [0.1, 0.15) is 10.4 Å². The molecule has 0 aliphatic rings. The van der Waals surface area contributed by atoms with Crippen LogP contribution in [0, 0.1) is 0 Å². The molecular weight excluding hydrogens is 202 g/mol. The molecule has 0 fully saturated rings. The summed E-state index contributed by atoms with van der Waals surface area (Å²) in [5, 5.41) is 6.71. The smallest absolute Gasteiger partial charge is 0.251 e. The standard InChI is InChI=1S/C12H13N3O/c1-13-12(16)10-5-3-4-9(6-10)11-7-14-15(2)8-11/h3-8H,1-2H3,(H,13,16). The average molecular weight is 215 g/mol. The third-order valence-corrected chi connectivity index (χ3v) is 2.39. The molecule has 0 radical (unpaired) electrons. The van der Waals surface area contributed by atoms with Gasteiger partial charge >= 0.3 is 0 Å². The van der Waals surface area contributed by atoms with Crippen LogP contribution < -0.4 is 5.32 Å². The second-order valence-electron chi connectivity index (χ2n) is 3.56. The molecule has 2 rings (SSSR count). The van der Waals surface area contributed by atoms with Gasteiger partial charge < -0.3 is 5.32 Å². The normalized spacial score (nSPS) is 10.1. The molecule has 16 heavy (non-hydrogen) atoms. The fourth-order valence-corrected chi connectivity index (χ4v) is 1.55. The van der Waals surface area contributed by atoms with Crippen LogP contribution in [0.4, 0.5) is 0 Å². The number of carbonyl (C=O) groups excluding carboxylic acids is 1. The SMILES string of the molecule is CNC(=O)c1cccc(-c2cnn(C)c2)c1. The van der Waals surface area contributed by atoms with Crippen LogP contribution in [0.2, 0.25) is 0 Å². The number of aryl methyl sites for hydroxylation is 1. The van der Waals surface area contributed by atoms with E-state index in [0.717, 1.165) is 11.1 Å². The van der Waals surface area contributed by atoms with Crippen molar-refractivity contribution in [3.63, 3.8) is 0 Å². The molecule has 4 nitrogen and oxygen atoms in total. The molecule has 1 heterocycles. The van der Waals surface area contributed by atoms with E-state index >= 15 is 0 Å². The maximum atomic E-state index is 11.5. The molecule has 0 aliphatic carbocycles. The quantitative estimate of drug-likeness (QED) is 0.824. The molecule has 0 saturated carbocycles. The maximum absolute atomic E-state index is 11.5. The lowest BCUT2D eigenvalue weighted by Gasteiger charge is -2.02. The molecule has 82 valence electrons. The van der Waals surface area contributed by atoms with E-state index in [9.17, 15) is 4.79 Å². The summed E-state index contributed by atoms with van der Waals surface area (Å²) in [4.78, 5) is 11.5. The topological polar surface area (TPSA) is 46.9 Å². The number of carbonyl (C=O) groups is 1. The summed E-state index contributed by atoms with van der Waals surface area (Å²) in [7, 11) is 3.49. The monoisotopic (exact) mass is 215 g/mol. The van der Waals surface area contributed by atoms with Crippen LogP contribution in [0.5, 0.6) is 0 Å². The van der Waals surface area contributed by atoms with Crippen molar-refractivity contribution in [1.82, 2.24) is 15.1 Å². The van der Waals surface area contributed by atoms with Crippen molar-refractivity contribution in [3.05, 3.63) is 42.2 Å². The van der Waals surface area contributed by atoms with E-state index in [4.69, 9.17) is 0 Å².